The highest BCUT2D eigenvalue weighted by molar-refractivity contribution is 9.10. The maximum absolute atomic E-state index is 13.8. The summed E-state index contributed by atoms with van der Waals surface area (Å²) in [6, 6.07) is 12.7. The number of thiazole rings is 1. The summed E-state index contributed by atoms with van der Waals surface area (Å²) in [5, 5.41) is 0. The normalized spacial score (nSPS) is 19.2. The van der Waals surface area contributed by atoms with Gasteiger partial charge in [0.1, 0.15) is 0 Å². The molecule has 0 radical (unpaired) electrons. The number of carbonyl (C=O) groups excluding carboxylic acids is 1. The molecule has 0 fully saturated rings. The number of rotatable bonds is 4. The maximum atomic E-state index is 13.8. The van der Waals surface area contributed by atoms with Gasteiger partial charge in [-0.15, -0.1) is 0 Å². The summed E-state index contributed by atoms with van der Waals surface area (Å²) in [4.78, 5) is 32.7. The second-order valence-corrected chi connectivity index (χ2v) is 11.5. The summed E-state index contributed by atoms with van der Waals surface area (Å²) in [6.07, 6.45) is 2.96. The monoisotopic (exact) mass is 552 g/mol. The Balaban J connectivity index is 1.78. The van der Waals surface area contributed by atoms with Crippen LogP contribution in [0.1, 0.15) is 43.9 Å². The van der Waals surface area contributed by atoms with Gasteiger partial charge in [-0.3, -0.25) is 14.2 Å². The van der Waals surface area contributed by atoms with Crippen molar-refractivity contribution in [1.82, 2.24) is 4.57 Å². The van der Waals surface area contributed by atoms with Crippen molar-refractivity contribution in [1.29, 1.82) is 0 Å². The van der Waals surface area contributed by atoms with Crippen LogP contribution < -0.4 is 24.4 Å². The van der Waals surface area contributed by atoms with Crippen LogP contribution in [-0.4, -0.2) is 24.6 Å². The highest BCUT2D eigenvalue weighted by Crippen LogP contribution is 2.44. The first kappa shape index (κ1) is 23.8. The lowest BCUT2D eigenvalue weighted by Crippen LogP contribution is -2.42. The molecular weight excluding hydrogens is 528 g/mol. The summed E-state index contributed by atoms with van der Waals surface area (Å²) in [6.45, 7) is 4.16. The molecule has 1 aliphatic carbocycles. The molecule has 0 amide bonds. The largest absolute Gasteiger partial charge is 0.493 e. The molecule has 2 aliphatic rings. The van der Waals surface area contributed by atoms with Crippen LogP contribution in [0.15, 0.2) is 68.0 Å². The minimum Gasteiger partial charge on any atom is -0.493 e. The Morgan fingerprint density at radius 2 is 1.86 bits per heavy atom. The number of hydrogen-bond acceptors (Lipinski definition) is 6. The molecule has 8 heteroatoms. The van der Waals surface area contributed by atoms with E-state index >= 15 is 0 Å². The minimum atomic E-state index is -0.575. The molecule has 0 saturated heterocycles. The van der Waals surface area contributed by atoms with Gasteiger partial charge in [-0.2, -0.15) is 0 Å². The van der Waals surface area contributed by atoms with Gasteiger partial charge in [0.25, 0.3) is 5.56 Å². The number of benzene rings is 2. The summed E-state index contributed by atoms with van der Waals surface area (Å²) in [7, 11) is 3.15. The molecule has 0 N–H and O–H groups in total. The molecule has 0 spiro atoms. The molecule has 1 unspecified atom stereocenters. The number of Topliss-reactive ketones (excluding diaryl/α,β-unsaturated/α-hetero) is 1. The zero-order valence-electron chi connectivity index (χ0n) is 19.9. The van der Waals surface area contributed by atoms with E-state index in [0.717, 1.165) is 21.3 Å². The van der Waals surface area contributed by atoms with Crippen molar-refractivity contribution in [3.05, 3.63) is 89.0 Å². The van der Waals surface area contributed by atoms with E-state index in [1.807, 2.05) is 48.5 Å². The fourth-order valence-corrected chi connectivity index (χ4v) is 6.27. The van der Waals surface area contributed by atoms with E-state index in [-0.39, 0.29) is 16.8 Å². The maximum Gasteiger partial charge on any atom is 0.271 e. The van der Waals surface area contributed by atoms with Crippen molar-refractivity contribution in [3.63, 3.8) is 0 Å². The fourth-order valence-electron chi connectivity index (χ4n) is 4.84. The standard InChI is InChI=1S/C27H25BrN2O4S/c1-27(2)13-18-23(19(31)14-27)24(16-8-9-20(33-3)21(12-16)34-4)30-25(32)22(35-26(30)29-18)11-15-6-5-7-17(28)10-15/h5-12,24H,13-14H2,1-4H3. The van der Waals surface area contributed by atoms with Gasteiger partial charge < -0.3 is 9.47 Å². The Morgan fingerprint density at radius 1 is 1.09 bits per heavy atom. The van der Waals surface area contributed by atoms with Crippen LogP contribution in [0.3, 0.4) is 0 Å². The molecule has 1 aromatic heterocycles. The quantitative estimate of drug-likeness (QED) is 0.481. The third-order valence-electron chi connectivity index (χ3n) is 6.37. The molecule has 180 valence electrons. The predicted octanol–water partition coefficient (Wildman–Crippen LogP) is 4.38. The number of fused-ring (bicyclic) bond motifs is 1. The first-order chi connectivity index (χ1) is 16.7. The van der Waals surface area contributed by atoms with Crippen LogP contribution in [0.2, 0.25) is 0 Å². The molecule has 1 atom stereocenters. The van der Waals surface area contributed by atoms with E-state index in [9.17, 15) is 9.59 Å². The minimum absolute atomic E-state index is 0.0288. The molecule has 2 heterocycles. The van der Waals surface area contributed by atoms with Crippen LogP contribution in [-0.2, 0) is 4.79 Å². The van der Waals surface area contributed by atoms with Crippen molar-refractivity contribution in [2.24, 2.45) is 10.4 Å². The zero-order chi connectivity index (χ0) is 24.9. The fraction of sp³-hybridized carbons (Fsp3) is 0.296. The average Bonchev–Trinajstić information content (AvgIpc) is 3.11. The smallest absolute Gasteiger partial charge is 0.271 e. The van der Waals surface area contributed by atoms with Crippen molar-refractivity contribution < 1.29 is 14.3 Å². The van der Waals surface area contributed by atoms with Crippen LogP contribution >= 0.6 is 27.3 Å². The Kier molecular flexibility index (Phi) is 6.05. The lowest BCUT2D eigenvalue weighted by molar-refractivity contribution is -0.118. The average molecular weight is 553 g/mol. The van der Waals surface area contributed by atoms with Crippen molar-refractivity contribution in [3.8, 4) is 11.5 Å². The van der Waals surface area contributed by atoms with E-state index in [4.69, 9.17) is 14.5 Å². The van der Waals surface area contributed by atoms with E-state index in [1.165, 1.54) is 11.3 Å². The van der Waals surface area contributed by atoms with Crippen LogP contribution in [0.5, 0.6) is 11.5 Å². The molecule has 1 aliphatic heterocycles. The zero-order valence-corrected chi connectivity index (χ0v) is 22.3. The van der Waals surface area contributed by atoms with Crippen molar-refractivity contribution >= 4 is 39.1 Å². The van der Waals surface area contributed by atoms with Crippen LogP contribution in [0, 0.1) is 5.41 Å². The van der Waals surface area contributed by atoms with Gasteiger partial charge in [0, 0.05) is 16.5 Å². The van der Waals surface area contributed by atoms with Crippen molar-refractivity contribution in [2.75, 3.05) is 14.2 Å². The second-order valence-electron chi connectivity index (χ2n) is 9.55. The van der Waals surface area contributed by atoms with E-state index in [1.54, 1.807) is 18.8 Å². The first-order valence-electron chi connectivity index (χ1n) is 11.3. The molecule has 5 rings (SSSR count). The summed E-state index contributed by atoms with van der Waals surface area (Å²) >= 11 is 4.84. The summed E-state index contributed by atoms with van der Waals surface area (Å²) in [5.41, 5.74) is 2.70. The number of halogens is 1. The van der Waals surface area contributed by atoms with E-state index in [2.05, 4.69) is 29.8 Å². The van der Waals surface area contributed by atoms with Crippen LogP contribution in [0.25, 0.3) is 6.08 Å². The van der Waals surface area contributed by atoms with Gasteiger partial charge in [0.15, 0.2) is 22.1 Å². The lowest BCUT2D eigenvalue weighted by atomic mass is 9.73. The third kappa shape index (κ3) is 4.29. The molecular formula is C27H25BrN2O4S. The van der Waals surface area contributed by atoms with Gasteiger partial charge in [0.05, 0.1) is 30.5 Å². The number of ether oxygens (including phenoxy) is 2. The highest BCUT2D eigenvalue weighted by atomic mass is 79.9. The van der Waals surface area contributed by atoms with Gasteiger partial charge in [-0.1, -0.05) is 59.3 Å². The molecule has 0 bridgehead atoms. The Morgan fingerprint density at radius 3 is 2.57 bits per heavy atom. The topological polar surface area (TPSA) is 69.9 Å². The number of nitrogens with zero attached hydrogens (tertiary/aromatic N) is 2. The van der Waals surface area contributed by atoms with Crippen LogP contribution in [0.4, 0.5) is 0 Å². The number of allylic oxidation sites excluding steroid dienone is 2. The van der Waals surface area contributed by atoms with Gasteiger partial charge >= 0.3 is 0 Å². The number of carbonyl (C=O) groups is 1. The predicted molar refractivity (Wildman–Crippen MR) is 140 cm³/mol. The first-order valence-corrected chi connectivity index (χ1v) is 12.9. The highest BCUT2D eigenvalue weighted by Gasteiger charge is 2.40. The third-order valence-corrected chi connectivity index (χ3v) is 7.84. The van der Waals surface area contributed by atoms with Gasteiger partial charge in [0.2, 0.25) is 0 Å². The molecule has 3 aromatic rings. The number of ketones is 1. The molecule has 0 saturated carbocycles. The van der Waals surface area contributed by atoms with Gasteiger partial charge in [-0.05, 0) is 53.3 Å². The van der Waals surface area contributed by atoms with E-state index in [0.29, 0.717) is 39.2 Å². The Bertz CT molecular complexity index is 1560. The summed E-state index contributed by atoms with van der Waals surface area (Å²) < 4.78 is 14.1. The summed E-state index contributed by atoms with van der Waals surface area (Å²) in [5.74, 6) is 1.16. The van der Waals surface area contributed by atoms with Crippen molar-refractivity contribution in [2.45, 2.75) is 32.7 Å². The molecule has 2 aromatic carbocycles. The Labute approximate surface area is 215 Å². The van der Waals surface area contributed by atoms with Gasteiger partial charge in [-0.25, -0.2) is 4.99 Å². The van der Waals surface area contributed by atoms with E-state index < -0.39 is 6.04 Å². The Hall–Kier alpha value is -2.97. The SMILES string of the molecule is COc1ccc(C2C3=C(CC(C)(C)CC3=O)N=c3sc(=Cc4cccc(Br)c4)c(=O)n32)cc1OC. The number of hydrogen-bond donors (Lipinski definition) is 0. The lowest BCUT2D eigenvalue weighted by Gasteiger charge is -2.35. The molecule has 35 heavy (non-hydrogen) atoms. The molecule has 6 nitrogen and oxygen atoms in total. The number of methoxy groups -OCH3 is 2. The number of aromatic nitrogens is 1. The second kappa shape index (κ2) is 8.91.